The molecule has 0 bridgehead atoms. The minimum absolute atomic E-state index is 0.0220. The second kappa shape index (κ2) is 6.12. The van der Waals surface area contributed by atoms with Crippen LogP contribution in [0.25, 0.3) is 0 Å². The van der Waals surface area contributed by atoms with Crippen molar-refractivity contribution < 1.29 is 9.53 Å². The number of anilines is 1. The van der Waals surface area contributed by atoms with Gasteiger partial charge in [-0.3, -0.25) is 4.79 Å². The summed E-state index contributed by atoms with van der Waals surface area (Å²) in [6.45, 7) is 2.47. The van der Waals surface area contributed by atoms with Gasteiger partial charge in [-0.2, -0.15) is 0 Å². The lowest BCUT2D eigenvalue weighted by Gasteiger charge is -2.09. The molecule has 1 atom stereocenters. The van der Waals surface area contributed by atoms with E-state index in [1.807, 2.05) is 25.1 Å². The van der Waals surface area contributed by atoms with Crippen molar-refractivity contribution in [3.05, 3.63) is 24.3 Å². The first-order valence-electron chi connectivity index (χ1n) is 5.29. The van der Waals surface area contributed by atoms with Gasteiger partial charge >= 0.3 is 0 Å². The maximum Gasteiger partial charge on any atom is 0.224 e. The number of methoxy groups -OCH3 is 1. The molecule has 0 heterocycles. The fourth-order valence-corrected chi connectivity index (χ4v) is 1.31. The summed E-state index contributed by atoms with van der Waals surface area (Å²) >= 11 is 0. The number of ether oxygens (including phenoxy) is 1. The van der Waals surface area contributed by atoms with Gasteiger partial charge in [-0.25, -0.2) is 0 Å². The summed E-state index contributed by atoms with van der Waals surface area (Å²) in [7, 11) is 1.59. The van der Waals surface area contributed by atoms with Crippen molar-refractivity contribution in [3.63, 3.8) is 0 Å². The van der Waals surface area contributed by atoms with E-state index in [2.05, 4.69) is 5.32 Å². The van der Waals surface area contributed by atoms with E-state index in [1.165, 1.54) is 0 Å². The highest BCUT2D eigenvalue weighted by Crippen LogP contribution is 2.17. The SMILES string of the molecule is COc1cccc(NC(=O)CC(C)CN)c1. The van der Waals surface area contributed by atoms with Crippen LogP contribution in [0.3, 0.4) is 0 Å². The molecule has 1 amide bonds. The Kier molecular flexibility index (Phi) is 4.79. The molecule has 0 saturated heterocycles. The van der Waals surface area contributed by atoms with Crippen molar-refractivity contribution in [2.24, 2.45) is 11.7 Å². The molecule has 4 heteroatoms. The van der Waals surface area contributed by atoms with Gasteiger partial charge in [0.2, 0.25) is 5.91 Å². The molecule has 3 N–H and O–H groups in total. The van der Waals surface area contributed by atoms with Gasteiger partial charge in [0, 0.05) is 18.2 Å². The molecule has 0 aromatic heterocycles. The van der Waals surface area contributed by atoms with Crippen LogP contribution in [-0.2, 0) is 4.79 Å². The number of benzene rings is 1. The molecule has 0 fully saturated rings. The number of amides is 1. The summed E-state index contributed by atoms with van der Waals surface area (Å²) in [5.74, 6) is 0.904. The Labute approximate surface area is 95.8 Å². The predicted octanol–water partition coefficient (Wildman–Crippen LogP) is 1.62. The Morgan fingerprint density at radius 3 is 2.94 bits per heavy atom. The zero-order chi connectivity index (χ0) is 12.0. The Morgan fingerprint density at radius 1 is 1.56 bits per heavy atom. The molecule has 0 spiro atoms. The lowest BCUT2D eigenvalue weighted by molar-refractivity contribution is -0.116. The molecule has 1 rings (SSSR count). The molecule has 1 aromatic rings. The molecule has 0 saturated carbocycles. The van der Waals surface area contributed by atoms with Crippen LogP contribution in [0.2, 0.25) is 0 Å². The third-order valence-electron chi connectivity index (χ3n) is 2.29. The summed E-state index contributed by atoms with van der Waals surface area (Å²) in [6, 6.07) is 7.28. The van der Waals surface area contributed by atoms with Crippen molar-refractivity contribution in [2.75, 3.05) is 19.0 Å². The molecule has 0 aliphatic carbocycles. The molecule has 0 aliphatic heterocycles. The highest BCUT2D eigenvalue weighted by molar-refractivity contribution is 5.91. The van der Waals surface area contributed by atoms with Gasteiger partial charge < -0.3 is 15.8 Å². The normalized spacial score (nSPS) is 11.9. The summed E-state index contributed by atoms with van der Waals surface area (Å²) in [4.78, 5) is 11.6. The van der Waals surface area contributed by atoms with Crippen molar-refractivity contribution in [3.8, 4) is 5.75 Å². The monoisotopic (exact) mass is 222 g/mol. The van der Waals surface area contributed by atoms with Crippen LogP contribution in [0, 0.1) is 5.92 Å². The van der Waals surface area contributed by atoms with Crippen LogP contribution < -0.4 is 15.8 Å². The summed E-state index contributed by atoms with van der Waals surface area (Å²) in [5.41, 5.74) is 6.20. The van der Waals surface area contributed by atoms with Crippen LogP contribution in [0.4, 0.5) is 5.69 Å². The molecular formula is C12H18N2O2. The molecular weight excluding hydrogens is 204 g/mol. The molecule has 4 nitrogen and oxygen atoms in total. The molecule has 88 valence electrons. The van der Waals surface area contributed by atoms with E-state index in [4.69, 9.17) is 10.5 Å². The van der Waals surface area contributed by atoms with Crippen molar-refractivity contribution in [2.45, 2.75) is 13.3 Å². The number of rotatable bonds is 5. The largest absolute Gasteiger partial charge is 0.497 e. The third kappa shape index (κ3) is 3.90. The minimum Gasteiger partial charge on any atom is -0.497 e. The zero-order valence-electron chi connectivity index (χ0n) is 9.69. The fraction of sp³-hybridized carbons (Fsp3) is 0.417. The average Bonchev–Trinajstić information content (AvgIpc) is 2.28. The smallest absolute Gasteiger partial charge is 0.224 e. The Morgan fingerprint density at radius 2 is 2.31 bits per heavy atom. The van der Waals surface area contributed by atoms with E-state index in [0.29, 0.717) is 13.0 Å². The summed E-state index contributed by atoms with van der Waals surface area (Å²) in [6.07, 6.45) is 0.438. The first-order valence-corrected chi connectivity index (χ1v) is 5.29. The summed E-state index contributed by atoms with van der Waals surface area (Å²) in [5, 5.41) is 2.81. The van der Waals surface area contributed by atoms with Crippen LogP contribution in [-0.4, -0.2) is 19.6 Å². The topological polar surface area (TPSA) is 64.3 Å². The standard InChI is InChI=1S/C12H18N2O2/c1-9(8-13)6-12(15)14-10-4-3-5-11(7-10)16-2/h3-5,7,9H,6,8,13H2,1-2H3,(H,14,15). The molecule has 1 aromatic carbocycles. The lowest BCUT2D eigenvalue weighted by Crippen LogP contribution is -2.20. The van der Waals surface area contributed by atoms with E-state index in [1.54, 1.807) is 13.2 Å². The quantitative estimate of drug-likeness (QED) is 0.795. The number of nitrogens with two attached hydrogens (primary N) is 1. The Bertz CT molecular complexity index is 353. The van der Waals surface area contributed by atoms with Gasteiger partial charge in [0.05, 0.1) is 7.11 Å². The van der Waals surface area contributed by atoms with Gasteiger partial charge in [0.15, 0.2) is 0 Å². The highest BCUT2D eigenvalue weighted by Gasteiger charge is 2.07. The number of nitrogens with one attached hydrogen (secondary N) is 1. The van der Waals surface area contributed by atoms with E-state index < -0.39 is 0 Å². The second-order valence-corrected chi connectivity index (χ2v) is 3.83. The number of carbonyl (C=O) groups excluding carboxylic acids is 1. The lowest BCUT2D eigenvalue weighted by atomic mass is 10.1. The zero-order valence-corrected chi connectivity index (χ0v) is 9.69. The molecule has 16 heavy (non-hydrogen) atoms. The van der Waals surface area contributed by atoms with Gasteiger partial charge in [0.1, 0.15) is 5.75 Å². The van der Waals surface area contributed by atoms with E-state index in [9.17, 15) is 4.79 Å². The van der Waals surface area contributed by atoms with Gasteiger partial charge in [-0.15, -0.1) is 0 Å². The number of hydrogen-bond donors (Lipinski definition) is 2. The Balaban J connectivity index is 2.55. The minimum atomic E-state index is -0.0220. The van der Waals surface area contributed by atoms with Crippen LogP contribution in [0.5, 0.6) is 5.75 Å². The highest BCUT2D eigenvalue weighted by atomic mass is 16.5. The van der Waals surface area contributed by atoms with Gasteiger partial charge in [0.25, 0.3) is 0 Å². The number of carbonyl (C=O) groups is 1. The van der Waals surface area contributed by atoms with Crippen molar-refractivity contribution in [1.29, 1.82) is 0 Å². The van der Waals surface area contributed by atoms with Crippen LogP contribution in [0.15, 0.2) is 24.3 Å². The van der Waals surface area contributed by atoms with Crippen molar-refractivity contribution >= 4 is 11.6 Å². The van der Waals surface area contributed by atoms with E-state index >= 15 is 0 Å². The van der Waals surface area contributed by atoms with Gasteiger partial charge in [-0.1, -0.05) is 13.0 Å². The van der Waals surface area contributed by atoms with E-state index in [-0.39, 0.29) is 11.8 Å². The maximum atomic E-state index is 11.6. The molecule has 0 aliphatic rings. The first kappa shape index (κ1) is 12.5. The fourth-order valence-electron chi connectivity index (χ4n) is 1.31. The maximum absolute atomic E-state index is 11.6. The second-order valence-electron chi connectivity index (χ2n) is 3.83. The Hall–Kier alpha value is -1.55. The summed E-state index contributed by atoms with van der Waals surface area (Å²) < 4.78 is 5.07. The third-order valence-corrected chi connectivity index (χ3v) is 2.29. The molecule has 0 radical (unpaired) electrons. The van der Waals surface area contributed by atoms with E-state index in [0.717, 1.165) is 11.4 Å². The first-order chi connectivity index (χ1) is 7.65. The average molecular weight is 222 g/mol. The van der Waals surface area contributed by atoms with Crippen LogP contribution in [0.1, 0.15) is 13.3 Å². The van der Waals surface area contributed by atoms with Crippen molar-refractivity contribution in [1.82, 2.24) is 0 Å². The van der Waals surface area contributed by atoms with Gasteiger partial charge in [-0.05, 0) is 24.6 Å². The number of hydrogen-bond acceptors (Lipinski definition) is 3. The molecule has 1 unspecified atom stereocenters. The van der Waals surface area contributed by atoms with Crippen LogP contribution >= 0.6 is 0 Å². The predicted molar refractivity (Wildman–Crippen MR) is 64.5 cm³/mol.